The molecule has 3 N–H and O–H groups in total. The van der Waals surface area contributed by atoms with Crippen molar-refractivity contribution in [2.24, 2.45) is 0 Å². The molecule has 0 saturated carbocycles. The molecular formula is C23H31N7O3. The minimum absolute atomic E-state index is 0.0961. The van der Waals surface area contributed by atoms with Gasteiger partial charge in [-0.3, -0.25) is 19.5 Å². The molecule has 2 aromatic rings. The summed E-state index contributed by atoms with van der Waals surface area (Å²) in [4.78, 5) is 40.7. The highest BCUT2D eigenvalue weighted by atomic mass is 16.3. The van der Waals surface area contributed by atoms with Crippen LogP contribution in [0.1, 0.15) is 41.5 Å². The number of aliphatic hydroxyl groups is 1. The van der Waals surface area contributed by atoms with Crippen molar-refractivity contribution in [3.63, 3.8) is 0 Å². The van der Waals surface area contributed by atoms with E-state index in [-0.39, 0.29) is 30.1 Å². The van der Waals surface area contributed by atoms with Crippen molar-refractivity contribution >= 4 is 17.6 Å². The summed E-state index contributed by atoms with van der Waals surface area (Å²) < 4.78 is 0. The van der Waals surface area contributed by atoms with Crippen LogP contribution in [0.15, 0.2) is 30.7 Å². The predicted molar refractivity (Wildman–Crippen MR) is 122 cm³/mol. The number of pyridine rings is 1. The number of aliphatic hydroxyl groups excluding tert-OH is 1. The maximum atomic E-state index is 12.6. The van der Waals surface area contributed by atoms with E-state index in [1.807, 2.05) is 17.2 Å². The molecule has 0 radical (unpaired) electrons. The van der Waals surface area contributed by atoms with E-state index >= 15 is 0 Å². The lowest BCUT2D eigenvalue weighted by Gasteiger charge is -2.31. The Morgan fingerprint density at radius 1 is 1.21 bits per heavy atom. The Balaban J connectivity index is 1.23. The molecule has 4 heterocycles. The number of carbonyl (C=O) groups excluding carboxylic acids is 2. The lowest BCUT2D eigenvalue weighted by atomic mass is 10.1. The summed E-state index contributed by atoms with van der Waals surface area (Å²) in [5.41, 5.74) is 2.56. The molecule has 0 aromatic carbocycles. The molecule has 2 amide bonds. The van der Waals surface area contributed by atoms with Crippen molar-refractivity contribution in [1.82, 2.24) is 30.1 Å². The van der Waals surface area contributed by atoms with Crippen LogP contribution in [0.5, 0.6) is 0 Å². The summed E-state index contributed by atoms with van der Waals surface area (Å²) in [6.45, 7) is 5.21. The normalized spacial score (nSPS) is 17.8. The van der Waals surface area contributed by atoms with Crippen LogP contribution >= 0.6 is 0 Å². The van der Waals surface area contributed by atoms with Gasteiger partial charge in [-0.15, -0.1) is 0 Å². The third-order valence-corrected chi connectivity index (χ3v) is 6.20. The van der Waals surface area contributed by atoms with E-state index in [2.05, 4.69) is 36.6 Å². The van der Waals surface area contributed by atoms with Crippen LogP contribution in [-0.2, 0) is 17.8 Å². The van der Waals surface area contributed by atoms with Crippen molar-refractivity contribution in [3.8, 4) is 0 Å². The van der Waals surface area contributed by atoms with Gasteiger partial charge in [-0.25, -0.2) is 9.97 Å². The first-order valence-corrected chi connectivity index (χ1v) is 11.4. The van der Waals surface area contributed by atoms with Crippen molar-refractivity contribution in [2.45, 2.75) is 44.9 Å². The Morgan fingerprint density at radius 2 is 2.03 bits per heavy atom. The molecule has 1 saturated heterocycles. The number of fused-ring (bicyclic) bond motifs is 1. The Morgan fingerprint density at radius 3 is 2.82 bits per heavy atom. The highest BCUT2D eigenvalue weighted by Crippen LogP contribution is 2.17. The Bertz CT molecular complexity index is 978. The molecule has 0 unspecified atom stereocenters. The smallest absolute Gasteiger partial charge is 0.270 e. The summed E-state index contributed by atoms with van der Waals surface area (Å²) in [5, 5.41) is 16.5. The van der Waals surface area contributed by atoms with Crippen LogP contribution in [0.3, 0.4) is 0 Å². The minimum Gasteiger partial charge on any atom is -0.390 e. The predicted octanol–water partition coefficient (Wildman–Crippen LogP) is 0.443. The van der Waals surface area contributed by atoms with Crippen LogP contribution in [0.4, 0.5) is 5.82 Å². The molecule has 1 fully saturated rings. The summed E-state index contributed by atoms with van der Waals surface area (Å²) in [6, 6.07) is 5.81. The van der Waals surface area contributed by atoms with Crippen LogP contribution in [0.2, 0.25) is 0 Å². The lowest BCUT2D eigenvalue weighted by Crippen LogP contribution is -2.42. The van der Waals surface area contributed by atoms with Crippen molar-refractivity contribution in [3.05, 3.63) is 47.7 Å². The summed E-state index contributed by atoms with van der Waals surface area (Å²) in [6.07, 6.45) is 5.00. The molecule has 1 atom stereocenters. The highest BCUT2D eigenvalue weighted by Gasteiger charge is 2.22. The second-order valence-electron chi connectivity index (χ2n) is 8.67. The van der Waals surface area contributed by atoms with Gasteiger partial charge in [-0.05, 0) is 24.5 Å². The van der Waals surface area contributed by atoms with E-state index in [1.54, 1.807) is 13.0 Å². The monoisotopic (exact) mass is 453 g/mol. The number of β-amino-alcohol motifs (C(OH)–C–C–N with tert-alkyl or cyclic N) is 1. The van der Waals surface area contributed by atoms with Crippen LogP contribution < -0.4 is 10.6 Å². The maximum absolute atomic E-state index is 12.6. The van der Waals surface area contributed by atoms with Gasteiger partial charge in [-0.2, -0.15) is 0 Å². The van der Waals surface area contributed by atoms with E-state index in [4.69, 9.17) is 0 Å². The fraction of sp³-hybridized carbons (Fsp3) is 0.522. The number of likely N-dealkylation sites (tertiary alicyclic amines) is 1. The van der Waals surface area contributed by atoms with Gasteiger partial charge in [0.05, 0.1) is 6.10 Å². The summed E-state index contributed by atoms with van der Waals surface area (Å²) in [7, 11) is 0. The standard InChI is InChI=1S/C23H31N7O3/c1-16(31)30-9-4-18(5-10-30)28-22-11-21(26-15-27-22)23(33)25-12-19(32)14-29-8-6-20-17(13-29)3-2-7-24-20/h2-3,7,11,15,18-19,32H,4-6,8-10,12-14H2,1H3,(H,25,33)(H,26,27,28)/t19-/m0/s1. The van der Waals surface area contributed by atoms with Gasteiger partial charge in [0.1, 0.15) is 17.8 Å². The molecule has 0 bridgehead atoms. The van der Waals surface area contributed by atoms with Crippen molar-refractivity contribution in [1.29, 1.82) is 0 Å². The molecule has 2 aromatic heterocycles. The molecule has 4 rings (SSSR count). The average molecular weight is 454 g/mol. The second-order valence-corrected chi connectivity index (χ2v) is 8.67. The van der Waals surface area contributed by atoms with E-state index < -0.39 is 6.10 Å². The van der Waals surface area contributed by atoms with Gasteiger partial charge in [0, 0.05) is 76.6 Å². The van der Waals surface area contributed by atoms with Gasteiger partial charge in [0.15, 0.2) is 0 Å². The minimum atomic E-state index is -0.682. The number of anilines is 1. The molecule has 10 heteroatoms. The number of nitrogens with zero attached hydrogens (tertiary/aromatic N) is 5. The Hall–Kier alpha value is -3.11. The molecular weight excluding hydrogens is 422 g/mol. The first-order valence-electron chi connectivity index (χ1n) is 11.4. The second kappa shape index (κ2) is 10.7. The fourth-order valence-corrected chi connectivity index (χ4v) is 4.35. The van der Waals surface area contributed by atoms with Gasteiger partial charge in [-0.1, -0.05) is 6.07 Å². The number of piperidine rings is 1. The number of rotatable bonds is 7. The number of carbonyl (C=O) groups is 2. The average Bonchev–Trinajstić information content (AvgIpc) is 2.83. The molecule has 2 aliphatic heterocycles. The van der Waals surface area contributed by atoms with Crippen molar-refractivity contribution in [2.75, 3.05) is 38.0 Å². The molecule has 176 valence electrons. The zero-order valence-electron chi connectivity index (χ0n) is 18.9. The lowest BCUT2D eigenvalue weighted by molar-refractivity contribution is -0.129. The number of hydrogen-bond acceptors (Lipinski definition) is 8. The number of hydrogen-bond donors (Lipinski definition) is 3. The van der Waals surface area contributed by atoms with Crippen LogP contribution in [0, 0.1) is 0 Å². The van der Waals surface area contributed by atoms with Gasteiger partial charge < -0.3 is 20.6 Å². The fourth-order valence-electron chi connectivity index (χ4n) is 4.35. The third-order valence-electron chi connectivity index (χ3n) is 6.20. The maximum Gasteiger partial charge on any atom is 0.270 e. The van der Waals surface area contributed by atoms with E-state index in [9.17, 15) is 14.7 Å². The molecule has 0 aliphatic carbocycles. The number of amides is 2. The van der Waals surface area contributed by atoms with Crippen LogP contribution in [0.25, 0.3) is 0 Å². The Labute approximate surface area is 193 Å². The van der Waals surface area contributed by atoms with Gasteiger partial charge in [0.2, 0.25) is 5.91 Å². The molecule has 0 spiro atoms. The van der Waals surface area contributed by atoms with Gasteiger partial charge >= 0.3 is 0 Å². The first-order chi connectivity index (χ1) is 16.0. The summed E-state index contributed by atoms with van der Waals surface area (Å²) in [5.74, 6) is 0.329. The third kappa shape index (κ3) is 6.23. The highest BCUT2D eigenvalue weighted by molar-refractivity contribution is 5.92. The quantitative estimate of drug-likeness (QED) is 0.552. The van der Waals surface area contributed by atoms with Crippen LogP contribution in [-0.4, -0.2) is 86.5 Å². The number of aromatic nitrogens is 3. The first kappa shape index (κ1) is 23.1. The largest absolute Gasteiger partial charge is 0.390 e. The van der Waals surface area contributed by atoms with Gasteiger partial charge in [0.25, 0.3) is 5.91 Å². The molecule has 10 nitrogen and oxygen atoms in total. The summed E-state index contributed by atoms with van der Waals surface area (Å²) >= 11 is 0. The zero-order chi connectivity index (χ0) is 23.2. The molecule has 33 heavy (non-hydrogen) atoms. The topological polar surface area (TPSA) is 124 Å². The SMILES string of the molecule is CC(=O)N1CCC(Nc2cc(C(=O)NC[C@H](O)CN3CCc4ncccc4C3)ncn2)CC1. The van der Waals surface area contributed by atoms with E-state index in [0.29, 0.717) is 25.5 Å². The van der Waals surface area contributed by atoms with Crippen molar-refractivity contribution < 1.29 is 14.7 Å². The molecule has 2 aliphatic rings. The van der Waals surface area contributed by atoms with E-state index in [0.717, 1.165) is 38.0 Å². The zero-order valence-corrected chi connectivity index (χ0v) is 18.9. The Kier molecular flexibility index (Phi) is 7.46. The number of nitrogens with one attached hydrogen (secondary N) is 2. The van der Waals surface area contributed by atoms with E-state index in [1.165, 1.54) is 11.9 Å².